The number of anilines is 1. The molecule has 0 atom stereocenters. The van der Waals surface area contributed by atoms with Crippen molar-refractivity contribution < 1.29 is 0 Å². The Labute approximate surface area is 98.5 Å². The number of H-pyrrole nitrogens is 1. The Hall–Kier alpha value is -2.10. The summed E-state index contributed by atoms with van der Waals surface area (Å²) < 4.78 is 0. The van der Waals surface area contributed by atoms with E-state index in [1.807, 2.05) is 13.0 Å². The average molecular weight is 227 g/mol. The second-order valence-corrected chi connectivity index (χ2v) is 4.43. The maximum Gasteiger partial charge on any atom is 0.260 e. The highest BCUT2D eigenvalue weighted by molar-refractivity contribution is 5.72. The SMILES string of the molecule is Cc1ccc2c(c1)-c1c(nc(N)[nH]c1=O)CC2. The standard InChI is InChI=1S/C13H13N3O/c1-7-2-3-8-4-5-10-11(9(8)6-7)12(17)16-13(14)15-10/h2-3,6H,4-5H2,1H3,(H3,14,15,16,17). The lowest BCUT2D eigenvalue weighted by Crippen LogP contribution is -2.20. The fraction of sp³-hybridized carbons (Fsp3) is 0.231. The molecule has 1 aromatic heterocycles. The molecule has 3 N–H and O–H groups in total. The number of nitrogens with one attached hydrogen (secondary N) is 1. The quantitative estimate of drug-likeness (QED) is 0.715. The van der Waals surface area contributed by atoms with Crippen molar-refractivity contribution in [3.05, 3.63) is 45.4 Å². The molecule has 0 saturated carbocycles. The van der Waals surface area contributed by atoms with Crippen molar-refractivity contribution in [2.24, 2.45) is 0 Å². The van der Waals surface area contributed by atoms with Crippen LogP contribution in [-0.2, 0) is 12.8 Å². The van der Waals surface area contributed by atoms with E-state index in [9.17, 15) is 4.79 Å². The molecular weight excluding hydrogens is 214 g/mol. The van der Waals surface area contributed by atoms with Crippen LogP contribution in [0.25, 0.3) is 11.1 Å². The molecule has 1 heterocycles. The lowest BCUT2D eigenvalue weighted by Gasteiger charge is -2.18. The van der Waals surface area contributed by atoms with E-state index < -0.39 is 0 Å². The molecule has 4 heteroatoms. The van der Waals surface area contributed by atoms with Crippen molar-refractivity contribution in [2.45, 2.75) is 19.8 Å². The third kappa shape index (κ3) is 1.53. The minimum Gasteiger partial charge on any atom is -0.369 e. The number of fused-ring (bicyclic) bond motifs is 3. The Bertz CT molecular complexity index is 658. The Morgan fingerprint density at radius 1 is 1.35 bits per heavy atom. The molecule has 0 bridgehead atoms. The maximum atomic E-state index is 12.0. The summed E-state index contributed by atoms with van der Waals surface area (Å²) in [6, 6.07) is 6.20. The van der Waals surface area contributed by atoms with Gasteiger partial charge in [-0.2, -0.15) is 0 Å². The van der Waals surface area contributed by atoms with Crippen LogP contribution in [0.3, 0.4) is 0 Å². The minimum absolute atomic E-state index is 0.140. The average Bonchev–Trinajstić information content (AvgIpc) is 2.27. The molecule has 3 rings (SSSR count). The highest BCUT2D eigenvalue weighted by Crippen LogP contribution is 2.30. The molecule has 86 valence electrons. The summed E-state index contributed by atoms with van der Waals surface area (Å²) in [5.74, 6) is 0.199. The summed E-state index contributed by atoms with van der Waals surface area (Å²) in [6.07, 6.45) is 1.69. The number of aryl methyl sites for hydroxylation is 3. The van der Waals surface area contributed by atoms with Gasteiger partial charge in [0.2, 0.25) is 5.95 Å². The van der Waals surface area contributed by atoms with E-state index in [1.54, 1.807) is 0 Å². The molecule has 1 aliphatic rings. The number of hydrogen-bond acceptors (Lipinski definition) is 3. The zero-order chi connectivity index (χ0) is 12.0. The van der Waals surface area contributed by atoms with Crippen molar-refractivity contribution in [3.8, 4) is 11.1 Å². The predicted octanol–water partition coefficient (Wildman–Crippen LogP) is 1.43. The molecule has 0 unspecified atom stereocenters. The number of benzene rings is 1. The van der Waals surface area contributed by atoms with Gasteiger partial charge in [-0.3, -0.25) is 9.78 Å². The first-order chi connectivity index (χ1) is 8.15. The summed E-state index contributed by atoms with van der Waals surface area (Å²) in [7, 11) is 0. The maximum absolute atomic E-state index is 12.0. The zero-order valence-electron chi connectivity index (χ0n) is 9.58. The highest BCUT2D eigenvalue weighted by Gasteiger charge is 2.20. The highest BCUT2D eigenvalue weighted by atomic mass is 16.1. The first kappa shape index (κ1) is 10.1. The molecule has 1 aromatic carbocycles. The van der Waals surface area contributed by atoms with Gasteiger partial charge in [0.25, 0.3) is 5.56 Å². The molecule has 0 spiro atoms. The smallest absolute Gasteiger partial charge is 0.260 e. The summed E-state index contributed by atoms with van der Waals surface area (Å²) in [5, 5.41) is 0. The van der Waals surface area contributed by atoms with Gasteiger partial charge in [-0.25, -0.2) is 4.98 Å². The van der Waals surface area contributed by atoms with E-state index in [1.165, 1.54) is 5.56 Å². The van der Waals surface area contributed by atoms with Gasteiger partial charge in [0, 0.05) is 0 Å². The summed E-state index contributed by atoms with van der Waals surface area (Å²) in [5.41, 5.74) is 10.3. The van der Waals surface area contributed by atoms with Crippen LogP contribution >= 0.6 is 0 Å². The largest absolute Gasteiger partial charge is 0.369 e. The van der Waals surface area contributed by atoms with E-state index in [0.717, 1.165) is 29.7 Å². The molecular formula is C13H13N3O. The lowest BCUT2D eigenvalue weighted by molar-refractivity contribution is 0.879. The van der Waals surface area contributed by atoms with Crippen LogP contribution in [0.4, 0.5) is 5.95 Å². The van der Waals surface area contributed by atoms with Gasteiger partial charge in [0.05, 0.1) is 11.3 Å². The van der Waals surface area contributed by atoms with Crippen molar-refractivity contribution in [3.63, 3.8) is 0 Å². The van der Waals surface area contributed by atoms with Crippen LogP contribution in [0, 0.1) is 6.92 Å². The normalized spacial score (nSPS) is 13.0. The second-order valence-electron chi connectivity index (χ2n) is 4.43. The number of aromatic nitrogens is 2. The third-order valence-corrected chi connectivity index (χ3v) is 3.18. The number of nitrogens with zero attached hydrogens (tertiary/aromatic N) is 1. The molecule has 0 saturated heterocycles. The molecule has 17 heavy (non-hydrogen) atoms. The summed E-state index contributed by atoms with van der Waals surface area (Å²) in [4.78, 5) is 18.8. The molecule has 0 amide bonds. The fourth-order valence-electron chi connectivity index (χ4n) is 2.39. The van der Waals surface area contributed by atoms with E-state index in [-0.39, 0.29) is 11.5 Å². The number of aromatic amines is 1. The van der Waals surface area contributed by atoms with Crippen LogP contribution in [0.5, 0.6) is 0 Å². The van der Waals surface area contributed by atoms with Gasteiger partial charge < -0.3 is 5.73 Å². The van der Waals surface area contributed by atoms with Gasteiger partial charge in [0.1, 0.15) is 0 Å². The Kier molecular flexibility index (Phi) is 2.04. The molecule has 0 radical (unpaired) electrons. The molecule has 4 nitrogen and oxygen atoms in total. The molecule has 2 aromatic rings. The van der Waals surface area contributed by atoms with Gasteiger partial charge in [-0.05, 0) is 30.9 Å². The Morgan fingerprint density at radius 3 is 3.00 bits per heavy atom. The van der Waals surface area contributed by atoms with Crippen LogP contribution in [0.15, 0.2) is 23.0 Å². The molecule has 0 aliphatic heterocycles. The topological polar surface area (TPSA) is 71.8 Å². The lowest BCUT2D eigenvalue weighted by atomic mass is 9.88. The van der Waals surface area contributed by atoms with Gasteiger partial charge >= 0.3 is 0 Å². The zero-order valence-corrected chi connectivity index (χ0v) is 9.58. The van der Waals surface area contributed by atoms with Gasteiger partial charge in [0.15, 0.2) is 0 Å². The van der Waals surface area contributed by atoms with E-state index in [2.05, 4.69) is 22.1 Å². The Balaban J connectivity index is 2.36. The number of nitrogen functional groups attached to an aromatic ring is 1. The van der Waals surface area contributed by atoms with E-state index in [4.69, 9.17) is 5.73 Å². The van der Waals surface area contributed by atoms with Crippen molar-refractivity contribution >= 4 is 5.95 Å². The first-order valence-electron chi connectivity index (χ1n) is 5.64. The molecule has 1 aliphatic carbocycles. The van der Waals surface area contributed by atoms with Crippen LogP contribution in [0.2, 0.25) is 0 Å². The van der Waals surface area contributed by atoms with Gasteiger partial charge in [-0.15, -0.1) is 0 Å². The van der Waals surface area contributed by atoms with Crippen LogP contribution in [-0.4, -0.2) is 9.97 Å². The van der Waals surface area contributed by atoms with Crippen LogP contribution in [0.1, 0.15) is 16.8 Å². The number of nitrogens with two attached hydrogens (primary N) is 1. The predicted molar refractivity (Wildman–Crippen MR) is 66.9 cm³/mol. The van der Waals surface area contributed by atoms with Crippen molar-refractivity contribution in [1.82, 2.24) is 9.97 Å². The minimum atomic E-state index is -0.140. The Morgan fingerprint density at radius 2 is 2.18 bits per heavy atom. The second kappa shape index (κ2) is 3.45. The molecule has 0 fully saturated rings. The third-order valence-electron chi connectivity index (χ3n) is 3.18. The number of rotatable bonds is 0. The monoisotopic (exact) mass is 227 g/mol. The van der Waals surface area contributed by atoms with Crippen molar-refractivity contribution in [2.75, 3.05) is 5.73 Å². The van der Waals surface area contributed by atoms with E-state index in [0.29, 0.717) is 5.56 Å². The first-order valence-corrected chi connectivity index (χ1v) is 5.64. The van der Waals surface area contributed by atoms with E-state index >= 15 is 0 Å². The number of hydrogen-bond donors (Lipinski definition) is 2. The van der Waals surface area contributed by atoms with Crippen LogP contribution < -0.4 is 11.3 Å². The summed E-state index contributed by atoms with van der Waals surface area (Å²) in [6.45, 7) is 2.02. The van der Waals surface area contributed by atoms with Gasteiger partial charge in [-0.1, -0.05) is 23.8 Å². The van der Waals surface area contributed by atoms with Crippen molar-refractivity contribution in [1.29, 1.82) is 0 Å². The fourth-order valence-corrected chi connectivity index (χ4v) is 2.39. The summed E-state index contributed by atoms with van der Waals surface area (Å²) >= 11 is 0.